The lowest BCUT2D eigenvalue weighted by Crippen LogP contribution is -2.46. The van der Waals surface area contributed by atoms with Crippen LogP contribution in [0.2, 0.25) is 0 Å². The summed E-state index contributed by atoms with van der Waals surface area (Å²) in [5.74, 6) is 0.731. The van der Waals surface area contributed by atoms with Crippen molar-refractivity contribution in [1.29, 1.82) is 5.26 Å². The van der Waals surface area contributed by atoms with Gasteiger partial charge in [0.1, 0.15) is 5.41 Å². The van der Waals surface area contributed by atoms with Crippen LogP contribution >= 0.6 is 0 Å². The molecule has 1 amide bonds. The van der Waals surface area contributed by atoms with E-state index in [1.807, 2.05) is 0 Å². The number of nitrogens with zero attached hydrogens (tertiary/aromatic N) is 2. The van der Waals surface area contributed by atoms with Gasteiger partial charge < -0.3 is 9.64 Å². The fraction of sp³-hybridized carbons (Fsp3) is 0.846. The molecule has 0 N–H and O–H groups in total. The lowest BCUT2D eigenvalue weighted by atomic mass is 9.69. The molecule has 0 spiro atoms. The van der Waals surface area contributed by atoms with Crippen LogP contribution in [0, 0.1) is 22.7 Å². The third-order valence-corrected chi connectivity index (χ3v) is 3.80. The largest absolute Gasteiger partial charge is 0.379 e. The number of carbonyl (C=O) groups is 1. The molecule has 0 atom stereocenters. The molecule has 0 bridgehead atoms. The lowest BCUT2D eigenvalue weighted by Gasteiger charge is -2.36. The monoisotopic (exact) mass is 236 g/mol. The maximum absolute atomic E-state index is 12.1. The van der Waals surface area contributed by atoms with Crippen LogP contribution in [0.4, 0.5) is 0 Å². The average molecular weight is 236 g/mol. The first kappa shape index (κ1) is 12.4. The normalized spacial score (nSPS) is 21.4. The number of hydrogen-bond acceptors (Lipinski definition) is 3. The highest BCUT2D eigenvalue weighted by Crippen LogP contribution is 2.41. The molecule has 4 nitrogen and oxygen atoms in total. The zero-order valence-electron chi connectivity index (χ0n) is 10.4. The van der Waals surface area contributed by atoms with E-state index in [2.05, 4.69) is 6.07 Å². The number of amides is 1. The van der Waals surface area contributed by atoms with Crippen molar-refractivity contribution in [2.24, 2.45) is 11.3 Å². The van der Waals surface area contributed by atoms with Crippen molar-refractivity contribution in [2.45, 2.75) is 32.1 Å². The molecule has 0 aromatic rings. The van der Waals surface area contributed by atoms with Gasteiger partial charge in [-0.1, -0.05) is 0 Å². The van der Waals surface area contributed by atoms with Gasteiger partial charge in [0.25, 0.3) is 0 Å². The Hall–Kier alpha value is -1.08. The zero-order valence-corrected chi connectivity index (χ0v) is 10.4. The van der Waals surface area contributed by atoms with E-state index >= 15 is 0 Å². The summed E-state index contributed by atoms with van der Waals surface area (Å²) >= 11 is 0. The first-order valence-electron chi connectivity index (χ1n) is 6.42. The van der Waals surface area contributed by atoms with Crippen molar-refractivity contribution in [3.63, 3.8) is 0 Å². The molecule has 17 heavy (non-hydrogen) atoms. The summed E-state index contributed by atoms with van der Waals surface area (Å²) in [6.07, 6.45) is 5.00. The third kappa shape index (κ3) is 2.78. The summed E-state index contributed by atoms with van der Waals surface area (Å²) in [7, 11) is 1.76. The summed E-state index contributed by atoms with van der Waals surface area (Å²) in [4.78, 5) is 13.7. The maximum Gasteiger partial charge on any atom is 0.242 e. The highest BCUT2D eigenvalue weighted by molar-refractivity contribution is 5.86. The van der Waals surface area contributed by atoms with Gasteiger partial charge in [0.05, 0.1) is 12.7 Å². The Labute approximate surface area is 103 Å². The molecule has 94 valence electrons. The predicted molar refractivity (Wildman–Crippen MR) is 63.1 cm³/mol. The maximum atomic E-state index is 12.1. The second-order valence-corrected chi connectivity index (χ2v) is 5.29. The number of carbonyl (C=O) groups excluding carboxylic acids is 1. The van der Waals surface area contributed by atoms with Crippen LogP contribution in [0.1, 0.15) is 32.1 Å². The van der Waals surface area contributed by atoms with E-state index in [0.717, 1.165) is 31.8 Å². The van der Waals surface area contributed by atoms with Gasteiger partial charge in [0.15, 0.2) is 0 Å². The van der Waals surface area contributed by atoms with E-state index in [1.54, 1.807) is 11.9 Å². The summed E-state index contributed by atoms with van der Waals surface area (Å²) < 4.78 is 5.50. The van der Waals surface area contributed by atoms with Crippen LogP contribution in [-0.2, 0) is 9.53 Å². The first-order valence-corrected chi connectivity index (χ1v) is 6.42. The summed E-state index contributed by atoms with van der Waals surface area (Å²) in [5, 5.41) is 9.08. The SMILES string of the molecule is CN(CCOCC1CC1)C(=O)C1(C#N)CCC1. The molecule has 0 aromatic heterocycles. The number of rotatable bonds is 6. The van der Waals surface area contributed by atoms with Crippen LogP contribution < -0.4 is 0 Å². The van der Waals surface area contributed by atoms with E-state index in [4.69, 9.17) is 10.00 Å². The van der Waals surface area contributed by atoms with Gasteiger partial charge in [0, 0.05) is 20.2 Å². The predicted octanol–water partition coefficient (Wildman–Crippen LogP) is 1.57. The van der Waals surface area contributed by atoms with Gasteiger partial charge in [0.2, 0.25) is 5.91 Å². The van der Waals surface area contributed by atoms with Gasteiger partial charge in [-0.05, 0) is 38.0 Å². The molecule has 0 unspecified atom stereocenters. The Morgan fingerprint density at radius 1 is 1.53 bits per heavy atom. The summed E-state index contributed by atoms with van der Waals surface area (Å²) in [6, 6.07) is 2.18. The third-order valence-electron chi connectivity index (χ3n) is 3.80. The van der Waals surface area contributed by atoms with Crippen LogP contribution in [0.5, 0.6) is 0 Å². The molecule has 0 saturated heterocycles. The number of ether oxygens (including phenoxy) is 1. The Balaban J connectivity index is 1.69. The molecule has 2 saturated carbocycles. The molecule has 0 aliphatic heterocycles. The van der Waals surface area contributed by atoms with E-state index in [1.165, 1.54) is 12.8 Å². The molecule has 2 rings (SSSR count). The number of nitriles is 1. The number of hydrogen-bond donors (Lipinski definition) is 0. The van der Waals surface area contributed by atoms with Gasteiger partial charge in [-0.15, -0.1) is 0 Å². The topological polar surface area (TPSA) is 53.3 Å². The molecule has 0 heterocycles. The van der Waals surface area contributed by atoms with E-state index in [9.17, 15) is 4.79 Å². The van der Waals surface area contributed by atoms with Crippen molar-refractivity contribution in [2.75, 3.05) is 26.8 Å². The van der Waals surface area contributed by atoms with Crippen LogP contribution in [0.15, 0.2) is 0 Å². The lowest BCUT2D eigenvalue weighted by molar-refractivity contribution is -0.142. The Kier molecular flexibility index (Phi) is 3.68. The fourth-order valence-corrected chi connectivity index (χ4v) is 2.11. The van der Waals surface area contributed by atoms with Crippen molar-refractivity contribution in [1.82, 2.24) is 4.90 Å². The minimum absolute atomic E-state index is 0.0266. The second kappa shape index (κ2) is 5.05. The Morgan fingerprint density at radius 3 is 2.71 bits per heavy atom. The van der Waals surface area contributed by atoms with Crippen LogP contribution in [-0.4, -0.2) is 37.6 Å². The van der Waals surface area contributed by atoms with E-state index in [0.29, 0.717) is 13.2 Å². The smallest absolute Gasteiger partial charge is 0.242 e. The van der Waals surface area contributed by atoms with Crippen molar-refractivity contribution >= 4 is 5.91 Å². The summed E-state index contributed by atoms with van der Waals surface area (Å²) in [6.45, 7) is 2.00. The minimum Gasteiger partial charge on any atom is -0.379 e. The van der Waals surface area contributed by atoms with Crippen LogP contribution in [0.25, 0.3) is 0 Å². The molecule has 0 aromatic carbocycles. The van der Waals surface area contributed by atoms with Gasteiger partial charge >= 0.3 is 0 Å². The molecule has 4 heteroatoms. The fourth-order valence-electron chi connectivity index (χ4n) is 2.11. The molecule has 2 fully saturated rings. The Bertz CT molecular complexity index is 327. The van der Waals surface area contributed by atoms with Crippen molar-refractivity contribution in [3.8, 4) is 6.07 Å². The zero-order chi connectivity index (χ0) is 12.3. The molecule has 0 radical (unpaired) electrons. The van der Waals surface area contributed by atoms with Crippen molar-refractivity contribution < 1.29 is 9.53 Å². The average Bonchev–Trinajstić information content (AvgIpc) is 3.07. The summed E-state index contributed by atoms with van der Waals surface area (Å²) in [5.41, 5.74) is -0.717. The van der Waals surface area contributed by atoms with Crippen molar-refractivity contribution in [3.05, 3.63) is 0 Å². The highest BCUT2D eigenvalue weighted by atomic mass is 16.5. The molecule has 2 aliphatic rings. The number of likely N-dealkylation sites (N-methyl/N-ethyl adjacent to an activating group) is 1. The quantitative estimate of drug-likeness (QED) is 0.658. The molecule has 2 aliphatic carbocycles. The minimum atomic E-state index is -0.717. The van der Waals surface area contributed by atoms with Gasteiger partial charge in [-0.2, -0.15) is 5.26 Å². The Morgan fingerprint density at radius 2 is 2.24 bits per heavy atom. The van der Waals surface area contributed by atoms with Gasteiger partial charge in [-0.25, -0.2) is 0 Å². The van der Waals surface area contributed by atoms with E-state index in [-0.39, 0.29) is 5.91 Å². The van der Waals surface area contributed by atoms with E-state index < -0.39 is 5.41 Å². The first-order chi connectivity index (χ1) is 8.18. The van der Waals surface area contributed by atoms with Gasteiger partial charge in [-0.3, -0.25) is 4.79 Å². The molecular formula is C13H20N2O2. The second-order valence-electron chi connectivity index (χ2n) is 5.29. The van der Waals surface area contributed by atoms with Crippen LogP contribution in [0.3, 0.4) is 0 Å². The molecular weight excluding hydrogens is 216 g/mol. The standard InChI is InChI=1S/C13H20N2O2/c1-15(7-8-17-9-11-3-4-11)12(16)13(10-14)5-2-6-13/h11H,2-9H2,1H3. The highest BCUT2D eigenvalue weighted by Gasteiger charge is 2.46.